The summed E-state index contributed by atoms with van der Waals surface area (Å²) in [5.74, 6) is 3.34. The summed E-state index contributed by atoms with van der Waals surface area (Å²) in [6, 6.07) is 7.61. The van der Waals surface area contributed by atoms with Gasteiger partial charge in [0.05, 0.1) is 13.7 Å². The van der Waals surface area contributed by atoms with Crippen LogP contribution in [-0.2, 0) is 17.9 Å². The van der Waals surface area contributed by atoms with Crippen molar-refractivity contribution in [1.29, 1.82) is 0 Å². The molecule has 6 heteroatoms. The van der Waals surface area contributed by atoms with Crippen molar-refractivity contribution in [3.8, 4) is 5.75 Å². The number of rotatable bonds is 4. The molecule has 1 aliphatic heterocycles. The molecule has 2 heterocycles. The van der Waals surface area contributed by atoms with Gasteiger partial charge in [-0.1, -0.05) is 18.6 Å². The quantitative estimate of drug-likeness (QED) is 0.866. The van der Waals surface area contributed by atoms with Crippen molar-refractivity contribution in [3.63, 3.8) is 0 Å². The second-order valence-electron chi connectivity index (χ2n) is 6.69. The Morgan fingerprint density at radius 2 is 1.96 bits per heavy atom. The number of carbonyl (C=O) groups excluding carboxylic acids is 1. The lowest BCUT2D eigenvalue weighted by Gasteiger charge is -2.34. The third-order valence-electron chi connectivity index (χ3n) is 5.18. The number of ether oxygens (including phenoxy) is 1. The van der Waals surface area contributed by atoms with Crippen LogP contribution in [0.5, 0.6) is 5.75 Å². The number of methoxy groups -OCH3 is 1. The Bertz CT molecular complexity index is 749. The van der Waals surface area contributed by atoms with E-state index in [-0.39, 0.29) is 11.9 Å². The molecular formula is C18H22N4O2. The van der Waals surface area contributed by atoms with Crippen molar-refractivity contribution in [2.24, 2.45) is 0 Å². The number of fused-ring (bicyclic) bond motifs is 1. The molecular weight excluding hydrogens is 304 g/mol. The van der Waals surface area contributed by atoms with Crippen molar-refractivity contribution in [2.45, 2.75) is 51.2 Å². The first-order valence-electron chi connectivity index (χ1n) is 8.52. The van der Waals surface area contributed by atoms with E-state index in [2.05, 4.69) is 14.8 Å². The van der Waals surface area contributed by atoms with E-state index < -0.39 is 0 Å². The molecule has 1 amide bonds. The zero-order valence-corrected chi connectivity index (χ0v) is 14.1. The summed E-state index contributed by atoms with van der Waals surface area (Å²) in [5.41, 5.74) is 1.09. The number of benzene rings is 1. The lowest BCUT2D eigenvalue weighted by Crippen LogP contribution is -2.42. The summed E-state index contributed by atoms with van der Waals surface area (Å²) >= 11 is 0. The highest BCUT2D eigenvalue weighted by atomic mass is 16.5. The number of hydrogen-bond acceptors (Lipinski definition) is 4. The van der Waals surface area contributed by atoms with Gasteiger partial charge in [-0.2, -0.15) is 0 Å². The molecule has 126 valence electrons. The molecule has 1 aromatic carbocycles. The molecule has 0 bridgehead atoms. The van der Waals surface area contributed by atoms with Crippen molar-refractivity contribution in [1.82, 2.24) is 19.7 Å². The summed E-state index contributed by atoms with van der Waals surface area (Å²) in [6.07, 6.45) is 3.57. The fraction of sp³-hybridized carbons (Fsp3) is 0.500. The molecule has 0 unspecified atom stereocenters. The Hall–Kier alpha value is -2.37. The first kappa shape index (κ1) is 15.2. The normalized spacial score (nSPS) is 20.7. The first-order chi connectivity index (χ1) is 11.7. The Labute approximate surface area is 141 Å². The van der Waals surface area contributed by atoms with Gasteiger partial charge >= 0.3 is 0 Å². The molecule has 2 aliphatic rings. The molecule has 0 saturated heterocycles. The maximum absolute atomic E-state index is 12.8. The van der Waals surface area contributed by atoms with Crippen LogP contribution in [0.2, 0.25) is 0 Å². The van der Waals surface area contributed by atoms with Gasteiger partial charge in [-0.05, 0) is 37.5 Å². The van der Waals surface area contributed by atoms with Gasteiger partial charge in [0.2, 0.25) is 5.91 Å². The predicted octanol–water partition coefficient (Wildman–Crippen LogP) is 2.66. The van der Waals surface area contributed by atoms with E-state index in [1.165, 1.54) is 6.42 Å². The first-order valence-corrected chi connectivity index (χ1v) is 8.52. The number of amides is 1. The Morgan fingerprint density at radius 3 is 2.58 bits per heavy atom. The lowest BCUT2D eigenvalue weighted by atomic mass is 9.84. The van der Waals surface area contributed by atoms with Crippen LogP contribution in [0.15, 0.2) is 24.3 Å². The minimum atomic E-state index is -0.224. The molecule has 1 fully saturated rings. The zero-order chi connectivity index (χ0) is 16.7. The largest absolute Gasteiger partial charge is 0.497 e. The van der Waals surface area contributed by atoms with E-state index in [9.17, 15) is 4.79 Å². The summed E-state index contributed by atoms with van der Waals surface area (Å²) in [5, 5.41) is 8.75. The summed E-state index contributed by atoms with van der Waals surface area (Å²) in [7, 11) is 1.65. The third-order valence-corrected chi connectivity index (χ3v) is 5.18. The molecule has 1 atom stereocenters. The van der Waals surface area contributed by atoms with Crippen LogP contribution >= 0.6 is 0 Å². The molecule has 24 heavy (non-hydrogen) atoms. The van der Waals surface area contributed by atoms with E-state index in [4.69, 9.17) is 4.74 Å². The molecule has 1 aliphatic carbocycles. The number of carbonyl (C=O) groups is 1. The van der Waals surface area contributed by atoms with E-state index in [1.54, 1.807) is 7.11 Å². The van der Waals surface area contributed by atoms with E-state index in [1.807, 2.05) is 36.1 Å². The van der Waals surface area contributed by atoms with Crippen LogP contribution in [0.4, 0.5) is 0 Å². The van der Waals surface area contributed by atoms with E-state index >= 15 is 0 Å². The minimum Gasteiger partial charge on any atom is -0.497 e. The molecule has 0 N–H and O–H groups in total. The molecule has 0 radical (unpaired) electrons. The average molecular weight is 326 g/mol. The highest BCUT2D eigenvalue weighted by Crippen LogP contribution is 2.38. The zero-order valence-electron chi connectivity index (χ0n) is 14.1. The topological polar surface area (TPSA) is 60.2 Å². The van der Waals surface area contributed by atoms with Crippen LogP contribution in [-0.4, -0.2) is 32.7 Å². The molecule has 1 saturated carbocycles. The van der Waals surface area contributed by atoms with E-state index in [0.29, 0.717) is 19.0 Å². The van der Waals surface area contributed by atoms with Crippen molar-refractivity contribution >= 4 is 5.91 Å². The van der Waals surface area contributed by atoms with Gasteiger partial charge in [-0.15, -0.1) is 10.2 Å². The van der Waals surface area contributed by atoms with E-state index in [0.717, 1.165) is 35.8 Å². The maximum atomic E-state index is 12.8. The molecule has 2 aromatic rings. The Kier molecular flexibility index (Phi) is 3.75. The molecule has 4 rings (SSSR count). The van der Waals surface area contributed by atoms with Crippen LogP contribution in [0, 0.1) is 0 Å². The van der Waals surface area contributed by atoms with Crippen LogP contribution < -0.4 is 4.74 Å². The van der Waals surface area contributed by atoms with Crippen LogP contribution in [0.1, 0.15) is 55.4 Å². The van der Waals surface area contributed by atoms with Crippen molar-refractivity contribution in [3.05, 3.63) is 41.5 Å². The predicted molar refractivity (Wildman–Crippen MR) is 88.6 cm³/mol. The number of nitrogens with zero attached hydrogens (tertiary/aromatic N) is 4. The fourth-order valence-corrected chi connectivity index (χ4v) is 3.52. The highest BCUT2D eigenvalue weighted by Gasteiger charge is 2.36. The Balaban J connectivity index is 1.56. The number of aromatic nitrogens is 3. The van der Waals surface area contributed by atoms with Gasteiger partial charge in [0, 0.05) is 12.5 Å². The lowest BCUT2D eigenvalue weighted by molar-refractivity contribution is -0.137. The smallest absolute Gasteiger partial charge is 0.246 e. The number of hydrogen-bond donors (Lipinski definition) is 0. The second kappa shape index (κ2) is 5.92. The van der Waals surface area contributed by atoms with Crippen molar-refractivity contribution in [2.75, 3.05) is 7.11 Å². The van der Waals surface area contributed by atoms with Crippen LogP contribution in [0.3, 0.4) is 0 Å². The minimum absolute atomic E-state index is 0.138. The Morgan fingerprint density at radius 1 is 1.21 bits per heavy atom. The summed E-state index contributed by atoms with van der Waals surface area (Å²) in [4.78, 5) is 14.7. The highest BCUT2D eigenvalue weighted by molar-refractivity contribution is 5.81. The van der Waals surface area contributed by atoms with Crippen LogP contribution in [0.25, 0.3) is 0 Å². The van der Waals surface area contributed by atoms with Crippen molar-refractivity contribution < 1.29 is 9.53 Å². The summed E-state index contributed by atoms with van der Waals surface area (Å²) in [6.45, 7) is 3.06. The SMILES string of the molecule is COc1ccc(CN2Cc3nnc(C4CCC4)n3[C@@H](C)C2=O)cc1. The average Bonchev–Trinajstić information content (AvgIpc) is 2.95. The second-order valence-corrected chi connectivity index (χ2v) is 6.69. The molecule has 6 nitrogen and oxygen atoms in total. The maximum Gasteiger partial charge on any atom is 0.246 e. The van der Waals surface area contributed by atoms with Gasteiger partial charge in [-0.3, -0.25) is 4.79 Å². The molecule has 1 aromatic heterocycles. The van der Waals surface area contributed by atoms with Gasteiger partial charge < -0.3 is 14.2 Å². The third kappa shape index (κ3) is 2.46. The summed E-state index contributed by atoms with van der Waals surface area (Å²) < 4.78 is 7.25. The fourth-order valence-electron chi connectivity index (χ4n) is 3.52. The standard InChI is InChI=1S/C18H22N4O2/c1-12-18(23)21(10-13-6-8-15(24-2)9-7-13)11-16-19-20-17(22(12)16)14-4-3-5-14/h6-9,12,14H,3-5,10-11H2,1-2H3/t12-/m0/s1. The monoisotopic (exact) mass is 326 g/mol. The van der Waals surface area contributed by atoms with Gasteiger partial charge in [-0.25, -0.2) is 0 Å². The molecule has 0 spiro atoms. The van der Waals surface area contributed by atoms with Gasteiger partial charge in [0.25, 0.3) is 0 Å². The van der Waals surface area contributed by atoms with Gasteiger partial charge in [0.15, 0.2) is 5.82 Å². The van der Waals surface area contributed by atoms with Gasteiger partial charge in [0.1, 0.15) is 17.6 Å².